The third-order valence-corrected chi connectivity index (χ3v) is 3.74. The Labute approximate surface area is 111 Å². The van der Waals surface area contributed by atoms with Gasteiger partial charge in [0, 0.05) is 5.92 Å². The van der Waals surface area contributed by atoms with Crippen molar-refractivity contribution < 1.29 is 4.74 Å². The minimum atomic E-state index is 0.0406. The van der Waals surface area contributed by atoms with E-state index >= 15 is 0 Å². The van der Waals surface area contributed by atoms with Gasteiger partial charge in [0.1, 0.15) is 0 Å². The summed E-state index contributed by atoms with van der Waals surface area (Å²) < 4.78 is 6.16. The highest BCUT2D eigenvalue weighted by Crippen LogP contribution is 2.38. The van der Waals surface area contributed by atoms with E-state index < -0.39 is 0 Å². The quantitative estimate of drug-likeness (QED) is 0.758. The molecule has 0 amide bonds. The number of ether oxygens (including phenoxy) is 1. The first kappa shape index (κ1) is 13.4. The van der Waals surface area contributed by atoms with E-state index in [1.54, 1.807) is 0 Å². The standard InChI is InChI=1S/C17H24O/c1-13(10-11-15-8-6-5-7-9-15)16-14(2)12-17(3,4)18-16/h5-11,13-14,16H,12H2,1-4H3/b11-10+/t13-,14-,16+/m1/s1. The molecule has 1 saturated heterocycles. The monoisotopic (exact) mass is 244 g/mol. The van der Waals surface area contributed by atoms with Gasteiger partial charge in [-0.3, -0.25) is 0 Å². The highest BCUT2D eigenvalue weighted by molar-refractivity contribution is 5.49. The zero-order valence-corrected chi connectivity index (χ0v) is 11.9. The second-order valence-corrected chi connectivity index (χ2v) is 6.15. The minimum absolute atomic E-state index is 0.0406. The Bertz CT molecular complexity index is 405. The van der Waals surface area contributed by atoms with Gasteiger partial charge in [0.05, 0.1) is 11.7 Å². The third kappa shape index (κ3) is 3.23. The molecule has 18 heavy (non-hydrogen) atoms. The molecule has 98 valence electrons. The van der Waals surface area contributed by atoms with Crippen molar-refractivity contribution in [1.82, 2.24) is 0 Å². The summed E-state index contributed by atoms with van der Waals surface area (Å²) in [6, 6.07) is 10.5. The molecule has 3 atom stereocenters. The molecule has 0 unspecified atom stereocenters. The molecule has 0 saturated carbocycles. The average molecular weight is 244 g/mol. The van der Waals surface area contributed by atoms with Crippen molar-refractivity contribution >= 4 is 6.08 Å². The first-order valence-corrected chi connectivity index (χ1v) is 6.89. The van der Waals surface area contributed by atoms with Crippen LogP contribution in [0.15, 0.2) is 36.4 Å². The highest BCUT2D eigenvalue weighted by Gasteiger charge is 2.39. The summed E-state index contributed by atoms with van der Waals surface area (Å²) in [6.45, 7) is 8.93. The van der Waals surface area contributed by atoms with Crippen LogP contribution in [0.1, 0.15) is 39.7 Å². The molecular formula is C17H24O. The highest BCUT2D eigenvalue weighted by atomic mass is 16.5. The number of benzene rings is 1. The van der Waals surface area contributed by atoms with E-state index in [4.69, 9.17) is 4.74 Å². The molecule has 1 aromatic carbocycles. The van der Waals surface area contributed by atoms with Gasteiger partial charge in [-0.2, -0.15) is 0 Å². The van der Waals surface area contributed by atoms with Gasteiger partial charge in [-0.1, -0.05) is 56.3 Å². The normalized spacial score (nSPS) is 28.7. The van der Waals surface area contributed by atoms with Crippen molar-refractivity contribution in [3.8, 4) is 0 Å². The maximum Gasteiger partial charge on any atom is 0.0668 e. The van der Waals surface area contributed by atoms with Gasteiger partial charge in [0.25, 0.3) is 0 Å². The van der Waals surface area contributed by atoms with Crippen molar-refractivity contribution in [3.63, 3.8) is 0 Å². The molecule has 1 aromatic rings. The second kappa shape index (κ2) is 5.27. The van der Waals surface area contributed by atoms with Gasteiger partial charge < -0.3 is 4.74 Å². The largest absolute Gasteiger partial charge is 0.371 e. The first-order valence-electron chi connectivity index (χ1n) is 6.89. The van der Waals surface area contributed by atoms with Gasteiger partial charge in [-0.05, 0) is 31.7 Å². The van der Waals surface area contributed by atoms with E-state index in [0.717, 1.165) is 6.42 Å². The van der Waals surface area contributed by atoms with E-state index in [1.165, 1.54) is 5.56 Å². The maximum absolute atomic E-state index is 6.16. The molecule has 1 heteroatoms. The fourth-order valence-corrected chi connectivity index (χ4v) is 2.99. The summed E-state index contributed by atoms with van der Waals surface area (Å²) in [7, 11) is 0. The Morgan fingerprint density at radius 3 is 2.50 bits per heavy atom. The lowest BCUT2D eigenvalue weighted by Gasteiger charge is -2.23. The molecule has 1 aliphatic heterocycles. The van der Waals surface area contributed by atoms with Crippen molar-refractivity contribution in [2.75, 3.05) is 0 Å². The molecule has 0 spiro atoms. The molecule has 2 rings (SSSR count). The van der Waals surface area contributed by atoms with Crippen LogP contribution in [-0.2, 0) is 4.74 Å². The Morgan fingerprint density at radius 2 is 1.94 bits per heavy atom. The van der Waals surface area contributed by atoms with Gasteiger partial charge in [0.15, 0.2) is 0 Å². The molecule has 1 aliphatic rings. The van der Waals surface area contributed by atoms with Crippen molar-refractivity contribution in [1.29, 1.82) is 0 Å². The van der Waals surface area contributed by atoms with Crippen LogP contribution in [-0.4, -0.2) is 11.7 Å². The van der Waals surface area contributed by atoms with Crippen molar-refractivity contribution in [2.45, 2.75) is 45.8 Å². The molecule has 0 aliphatic carbocycles. The Hall–Kier alpha value is -1.08. The summed E-state index contributed by atoms with van der Waals surface area (Å²) in [6.07, 6.45) is 5.98. The van der Waals surface area contributed by atoms with Crippen LogP contribution in [0.25, 0.3) is 6.08 Å². The van der Waals surface area contributed by atoms with Crippen LogP contribution < -0.4 is 0 Å². The summed E-state index contributed by atoms with van der Waals surface area (Å²) >= 11 is 0. The zero-order chi connectivity index (χ0) is 13.2. The lowest BCUT2D eigenvalue weighted by molar-refractivity contribution is -0.0349. The Morgan fingerprint density at radius 1 is 1.28 bits per heavy atom. The van der Waals surface area contributed by atoms with Crippen molar-refractivity contribution in [2.24, 2.45) is 11.8 Å². The van der Waals surface area contributed by atoms with E-state index in [9.17, 15) is 0 Å². The fraction of sp³-hybridized carbons (Fsp3) is 0.529. The summed E-state index contributed by atoms with van der Waals surface area (Å²) in [4.78, 5) is 0. The third-order valence-electron chi connectivity index (χ3n) is 3.74. The van der Waals surface area contributed by atoms with Gasteiger partial charge >= 0.3 is 0 Å². The van der Waals surface area contributed by atoms with Crippen LogP contribution in [0.2, 0.25) is 0 Å². The molecule has 0 bridgehead atoms. The number of rotatable bonds is 3. The zero-order valence-electron chi connectivity index (χ0n) is 11.9. The van der Waals surface area contributed by atoms with Crippen LogP contribution in [0.4, 0.5) is 0 Å². The topological polar surface area (TPSA) is 9.23 Å². The van der Waals surface area contributed by atoms with Crippen LogP contribution in [0, 0.1) is 11.8 Å². The van der Waals surface area contributed by atoms with E-state index in [2.05, 4.69) is 64.1 Å². The van der Waals surface area contributed by atoms with Crippen LogP contribution >= 0.6 is 0 Å². The molecule has 1 fully saturated rings. The fourth-order valence-electron chi connectivity index (χ4n) is 2.99. The molecule has 1 nitrogen and oxygen atoms in total. The predicted octanol–water partition coefficient (Wildman–Crippen LogP) is 4.54. The molecule has 0 radical (unpaired) electrons. The number of hydrogen-bond acceptors (Lipinski definition) is 1. The van der Waals surface area contributed by atoms with E-state index in [-0.39, 0.29) is 5.60 Å². The Kier molecular flexibility index (Phi) is 3.91. The summed E-state index contributed by atoms with van der Waals surface area (Å²) in [5, 5.41) is 0. The smallest absolute Gasteiger partial charge is 0.0668 e. The minimum Gasteiger partial charge on any atom is -0.371 e. The van der Waals surface area contributed by atoms with Crippen LogP contribution in [0.3, 0.4) is 0 Å². The number of hydrogen-bond donors (Lipinski definition) is 0. The summed E-state index contributed by atoms with van der Waals surface area (Å²) in [5.74, 6) is 1.09. The SMILES string of the molecule is C[C@H](/C=C/c1ccccc1)[C@@H]1OC(C)(C)C[C@H]1C. The molecule has 1 heterocycles. The van der Waals surface area contributed by atoms with E-state index in [1.807, 2.05) is 6.07 Å². The van der Waals surface area contributed by atoms with Gasteiger partial charge in [-0.25, -0.2) is 0 Å². The first-order chi connectivity index (χ1) is 8.48. The van der Waals surface area contributed by atoms with Crippen LogP contribution in [0.5, 0.6) is 0 Å². The lowest BCUT2D eigenvalue weighted by Crippen LogP contribution is -2.24. The van der Waals surface area contributed by atoms with Gasteiger partial charge in [-0.15, -0.1) is 0 Å². The maximum atomic E-state index is 6.16. The predicted molar refractivity (Wildman–Crippen MR) is 77.4 cm³/mol. The van der Waals surface area contributed by atoms with Gasteiger partial charge in [0.2, 0.25) is 0 Å². The average Bonchev–Trinajstić information content (AvgIpc) is 2.61. The lowest BCUT2D eigenvalue weighted by atomic mass is 9.90. The summed E-state index contributed by atoms with van der Waals surface area (Å²) in [5.41, 5.74) is 1.30. The molecule has 0 aromatic heterocycles. The van der Waals surface area contributed by atoms with Crippen molar-refractivity contribution in [3.05, 3.63) is 42.0 Å². The molecule has 0 N–H and O–H groups in total. The molecular weight excluding hydrogens is 220 g/mol. The van der Waals surface area contributed by atoms with E-state index in [0.29, 0.717) is 17.9 Å². The Balaban J connectivity index is 2.00. The second-order valence-electron chi connectivity index (χ2n) is 6.15.